The molecule has 0 spiro atoms. The van der Waals surface area contributed by atoms with Crippen molar-refractivity contribution in [3.8, 4) is 0 Å². The molecule has 0 radical (unpaired) electrons. The largest absolute Gasteiger partial charge is 0.338 e. The van der Waals surface area contributed by atoms with Crippen molar-refractivity contribution in [2.45, 2.75) is 25.8 Å². The number of aromatic nitrogens is 1. The molecule has 2 rings (SSSR count). The van der Waals surface area contributed by atoms with E-state index in [0.29, 0.717) is 24.5 Å². The van der Waals surface area contributed by atoms with Crippen molar-refractivity contribution < 1.29 is 4.79 Å². The van der Waals surface area contributed by atoms with Gasteiger partial charge in [0.2, 0.25) is 5.91 Å². The number of amides is 1. The Morgan fingerprint density at radius 3 is 2.75 bits per heavy atom. The zero-order chi connectivity index (χ0) is 14.5. The van der Waals surface area contributed by atoms with Gasteiger partial charge in [-0.2, -0.15) is 0 Å². The molecule has 1 saturated heterocycles. The van der Waals surface area contributed by atoms with Gasteiger partial charge in [-0.25, -0.2) is 0 Å². The molecule has 2 heterocycles. The number of halogens is 1. The van der Waals surface area contributed by atoms with E-state index in [2.05, 4.69) is 5.32 Å². The molecule has 1 N–H and O–H groups in total. The van der Waals surface area contributed by atoms with E-state index in [9.17, 15) is 9.59 Å². The van der Waals surface area contributed by atoms with E-state index >= 15 is 0 Å². The second-order valence-corrected chi connectivity index (χ2v) is 5.41. The first-order chi connectivity index (χ1) is 9.63. The Morgan fingerprint density at radius 2 is 2.10 bits per heavy atom. The topological polar surface area (TPSA) is 54.3 Å². The zero-order valence-corrected chi connectivity index (χ0v) is 12.4. The molecule has 1 aromatic rings. The van der Waals surface area contributed by atoms with Gasteiger partial charge in [-0.1, -0.05) is 24.9 Å². The lowest BCUT2D eigenvalue weighted by atomic mass is 10.1. The SMILES string of the molecule is CCCC(C(=O)N1CCNCC1)n1cc(Cl)ccc1=O. The number of hydrogen-bond donors (Lipinski definition) is 1. The Hall–Kier alpha value is -1.33. The van der Waals surface area contributed by atoms with Crippen molar-refractivity contribution in [2.24, 2.45) is 0 Å². The van der Waals surface area contributed by atoms with Crippen LogP contribution in [-0.2, 0) is 4.79 Å². The van der Waals surface area contributed by atoms with Crippen molar-refractivity contribution >= 4 is 17.5 Å². The maximum absolute atomic E-state index is 12.6. The highest BCUT2D eigenvalue weighted by molar-refractivity contribution is 6.30. The highest BCUT2D eigenvalue weighted by atomic mass is 35.5. The summed E-state index contributed by atoms with van der Waals surface area (Å²) < 4.78 is 1.47. The molecule has 1 aliphatic heterocycles. The van der Waals surface area contributed by atoms with Crippen LogP contribution in [0.5, 0.6) is 0 Å². The molecule has 0 aliphatic carbocycles. The fourth-order valence-corrected chi connectivity index (χ4v) is 2.64. The van der Waals surface area contributed by atoms with Crippen LogP contribution in [0.3, 0.4) is 0 Å². The van der Waals surface area contributed by atoms with E-state index in [1.165, 1.54) is 10.6 Å². The summed E-state index contributed by atoms with van der Waals surface area (Å²) in [7, 11) is 0. The van der Waals surface area contributed by atoms with Crippen LogP contribution in [0, 0.1) is 0 Å². The van der Waals surface area contributed by atoms with Crippen LogP contribution >= 0.6 is 11.6 Å². The van der Waals surface area contributed by atoms with Crippen LogP contribution in [0.2, 0.25) is 5.02 Å². The highest BCUT2D eigenvalue weighted by Crippen LogP contribution is 2.18. The third-order valence-electron chi connectivity index (χ3n) is 3.51. The van der Waals surface area contributed by atoms with Gasteiger partial charge in [0.25, 0.3) is 5.56 Å². The molecule has 1 fully saturated rings. The van der Waals surface area contributed by atoms with Crippen molar-refractivity contribution in [3.63, 3.8) is 0 Å². The van der Waals surface area contributed by atoms with Gasteiger partial charge >= 0.3 is 0 Å². The molecule has 20 heavy (non-hydrogen) atoms. The van der Waals surface area contributed by atoms with Crippen LogP contribution in [0.15, 0.2) is 23.1 Å². The third-order valence-corrected chi connectivity index (χ3v) is 3.74. The number of carbonyl (C=O) groups excluding carboxylic acids is 1. The molecule has 1 aliphatic rings. The summed E-state index contributed by atoms with van der Waals surface area (Å²) >= 11 is 5.96. The predicted octanol–water partition coefficient (Wildman–Crippen LogP) is 1.27. The molecule has 1 aromatic heterocycles. The van der Waals surface area contributed by atoms with E-state index < -0.39 is 6.04 Å². The molecule has 0 bridgehead atoms. The second kappa shape index (κ2) is 6.90. The van der Waals surface area contributed by atoms with Crippen LogP contribution in [0.1, 0.15) is 25.8 Å². The summed E-state index contributed by atoms with van der Waals surface area (Å²) in [5.74, 6) is 0.0118. The molecule has 1 unspecified atom stereocenters. The van der Waals surface area contributed by atoms with Gasteiger partial charge in [-0.05, 0) is 12.5 Å². The lowest BCUT2D eigenvalue weighted by Crippen LogP contribution is -2.49. The zero-order valence-electron chi connectivity index (χ0n) is 11.6. The Labute approximate surface area is 123 Å². The normalized spacial score (nSPS) is 17.0. The average molecular weight is 298 g/mol. The Morgan fingerprint density at radius 1 is 1.40 bits per heavy atom. The summed E-state index contributed by atoms with van der Waals surface area (Å²) in [6.07, 6.45) is 3.04. The number of nitrogens with zero attached hydrogens (tertiary/aromatic N) is 2. The second-order valence-electron chi connectivity index (χ2n) is 4.97. The minimum absolute atomic E-state index is 0.0118. The van der Waals surface area contributed by atoms with Crippen LogP contribution in [0.25, 0.3) is 0 Å². The van der Waals surface area contributed by atoms with Crippen LogP contribution in [0.4, 0.5) is 0 Å². The summed E-state index contributed by atoms with van der Waals surface area (Å²) in [6.45, 7) is 4.99. The molecular weight excluding hydrogens is 278 g/mol. The Balaban J connectivity index is 2.27. The average Bonchev–Trinajstić information content (AvgIpc) is 2.48. The monoisotopic (exact) mass is 297 g/mol. The molecule has 110 valence electrons. The first-order valence-corrected chi connectivity index (χ1v) is 7.38. The van der Waals surface area contributed by atoms with E-state index in [1.54, 1.807) is 12.3 Å². The Kier molecular flexibility index (Phi) is 5.20. The van der Waals surface area contributed by atoms with Crippen molar-refractivity contribution in [2.75, 3.05) is 26.2 Å². The molecular formula is C14H20ClN3O2. The quantitative estimate of drug-likeness (QED) is 0.911. The van der Waals surface area contributed by atoms with Crippen molar-refractivity contribution in [3.05, 3.63) is 33.7 Å². The van der Waals surface area contributed by atoms with Crippen molar-refractivity contribution in [1.29, 1.82) is 0 Å². The van der Waals surface area contributed by atoms with E-state index in [1.807, 2.05) is 11.8 Å². The van der Waals surface area contributed by atoms with Gasteiger partial charge in [-0.3, -0.25) is 9.59 Å². The molecule has 0 aromatic carbocycles. The minimum atomic E-state index is -0.454. The lowest BCUT2D eigenvalue weighted by Gasteiger charge is -2.31. The van der Waals surface area contributed by atoms with Crippen LogP contribution < -0.4 is 10.9 Å². The molecule has 5 nitrogen and oxygen atoms in total. The maximum Gasteiger partial charge on any atom is 0.251 e. The fourth-order valence-electron chi connectivity index (χ4n) is 2.47. The number of rotatable bonds is 4. The molecule has 6 heteroatoms. The van der Waals surface area contributed by atoms with Gasteiger partial charge in [0.1, 0.15) is 6.04 Å². The smallest absolute Gasteiger partial charge is 0.251 e. The summed E-state index contributed by atoms with van der Waals surface area (Å²) in [6, 6.07) is 2.51. The molecule has 1 amide bonds. The molecule has 0 saturated carbocycles. The van der Waals surface area contributed by atoms with E-state index in [4.69, 9.17) is 11.6 Å². The number of nitrogens with one attached hydrogen (secondary N) is 1. The van der Waals surface area contributed by atoms with Gasteiger partial charge in [0, 0.05) is 38.4 Å². The molecule has 1 atom stereocenters. The fraction of sp³-hybridized carbons (Fsp3) is 0.571. The van der Waals surface area contributed by atoms with Crippen LogP contribution in [-0.4, -0.2) is 41.6 Å². The number of hydrogen-bond acceptors (Lipinski definition) is 3. The lowest BCUT2D eigenvalue weighted by molar-refractivity contribution is -0.135. The summed E-state index contributed by atoms with van der Waals surface area (Å²) in [5.41, 5.74) is -0.184. The van der Waals surface area contributed by atoms with E-state index in [0.717, 1.165) is 19.5 Å². The van der Waals surface area contributed by atoms with Gasteiger partial charge in [0.05, 0.1) is 5.02 Å². The van der Waals surface area contributed by atoms with Gasteiger partial charge in [0.15, 0.2) is 0 Å². The highest BCUT2D eigenvalue weighted by Gasteiger charge is 2.26. The third kappa shape index (κ3) is 3.41. The first-order valence-electron chi connectivity index (χ1n) is 7.00. The van der Waals surface area contributed by atoms with Gasteiger partial charge in [-0.15, -0.1) is 0 Å². The standard InChI is InChI=1S/C14H20ClN3O2/c1-2-3-12(14(20)17-8-6-16-7-9-17)18-10-11(15)4-5-13(18)19/h4-5,10,12,16H,2-3,6-9H2,1H3. The van der Waals surface area contributed by atoms with E-state index in [-0.39, 0.29) is 11.5 Å². The Bertz CT molecular complexity index is 523. The van der Waals surface area contributed by atoms with Gasteiger partial charge < -0.3 is 14.8 Å². The summed E-state index contributed by atoms with van der Waals surface area (Å²) in [4.78, 5) is 26.5. The first kappa shape index (κ1) is 15.1. The maximum atomic E-state index is 12.6. The number of piperazine rings is 1. The number of carbonyl (C=O) groups is 1. The van der Waals surface area contributed by atoms with Crippen molar-refractivity contribution in [1.82, 2.24) is 14.8 Å². The number of pyridine rings is 1. The predicted molar refractivity (Wildman–Crippen MR) is 79.1 cm³/mol. The summed E-state index contributed by atoms with van der Waals surface area (Å²) in [5, 5.41) is 3.69. The minimum Gasteiger partial charge on any atom is -0.338 e.